The van der Waals surface area contributed by atoms with Gasteiger partial charge in [-0.1, -0.05) is 19.8 Å². The fourth-order valence-electron chi connectivity index (χ4n) is 2.18. The van der Waals surface area contributed by atoms with Gasteiger partial charge in [0.05, 0.1) is 6.54 Å². The monoisotopic (exact) mass is 237 g/mol. The minimum atomic E-state index is -0.487. The van der Waals surface area contributed by atoms with Crippen molar-refractivity contribution in [1.82, 2.24) is 10.2 Å². The van der Waals surface area contributed by atoms with Crippen LogP contribution in [-0.4, -0.2) is 42.0 Å². The van der Waals surface area contributed by atoms with Gasteiger partial charge in [-0.2, -0.15) is 0 Å². The molecule has 1 aliphatic rings. The van der Waals surface area contributed by atoms with Gasteiger partial charge in [0, 0.05) is 19.1 Å². The largest absolute Gasteiger partial charge is 0.339 e. The standard InChI is InChI=1S/C13H23N3O/c1-4-13(5-2,6-3)15-12(17)10-16-8-7-11(14)9-16/h1,11H,5-10,14H2,2-3H3,(H,15,17)/t11-/m0/s1. The number of nitrogens with one attached hydrogen (secondary N) is 1. The van der Waals surface area contributed by atoms with Crippen molar-refractivity contribution < 1.29 is 4.79 Å². The number of hydrogen-bond acceptors (Lipinski definition) is 3. The van der Waals surface area contributed by atoms with Gasteiger partial charge in [0.15, 0.2) is 0 Å². The zero-order valence-corrected chi connectivity index (χ0v) is 10.8. The van der Waals surface area contributed by atoms with Crippen LogP contribution in [0.3, 0.4) is 0 Å². The van der Waals surface area contributed by atoms with Crippen LogP contribution in [-0.2, 0) is 4.79 Å². The number of nitrogens with two attached hydrogens (primary N) is 1. The number of terminal acetylenes is 1. The van der Waals surface area contributed by atoms with Crippen LogP contribution in [0.25, 0.3) is 0 Å². The third kappa shape index (κ3) is 3.72. The summed E-state index contributed by atoms with van der Waals surface area (Å²) in [6, 6.07) is 0.206. The molecule has 3 N–H and O–H groups in total. The van der Waals surface area contributed by atoms with Crippen molar-refractivity contribution in [2.24, 2.45) is 5.73 Å². The lowest BCUT2D eigenvalue weighted by Crippen LogP contribution is -2.49. The van der Waals surface area contributed by atoms with E-state index in [0.717, 1.165) is 32.4 Å². The van der Waals surface area contributed by atoms with E-state index in [2.05, 4.69) is 16.1 Å². The molecule has 0 bridgehead atoms. The van der Waals surface area contributed by atoms with Crippen molar-refractivity contribution in [3.8, 4) is 12.3 Å². The Bertz CT molecular complexity index is 304. The van der Waals surface area contributed by atoms with Gasteiger partial charge in [-0.3, -0.25) is 9.69 Å². The molecule has 0 aromatic rings. The number of rotatable bonds is 5. The highest BCUT2D eigenvalue weighted by Crippen LogP contribution is 2.14. The Labute approximate surface area is 104 Å². The summed E-state index contributed by atoms with van der Waals surface area (Å²) in [5.41, 5.74) is 5.31. The fraction of sp³-hybridized carbons (Fsp3) is 0.769. The Morgan fingerprint density at radius 2 is 2.24 bits per heavy atom. The van der Waals surface area contributed by atoms with Crippen molar-refractivity contribution >= 4 is 5.91 Å². The van der Waals surface area contributed by atoms with Crippen LogP contribution in [0.1, 0.15) is 33.1 Å². The van der Waals surface area contributed by atoms with Gasteiger partial charge < -0.3 is 11.1 Å². The number of carbonyl (C=O) groups is 1. The third-order valence-electron chi connectivity index (χ3n) is 3.54. The molecule has 1 fully saturated rings. The Morgan fingerprint density at radius 3 is 2.65 bits per heavy atom. The van der Waals surface area contributed by atoms with Crippen LogP contribution < -0.4 is 11.1 Å². The average Bonchev–Trinajstić information content (AvgIpc) is 2.72. The van der Waals surface area contributed by atoms with Crippen LogP contribution in [0.4, 0.5) is 0 Å². The zero-order valence-electron chi connectivity index (χ0n) is 10.8. The van der Waals surface area contributed by atoms with E-state index >= 15 is 0 Å². The van der Waals surface area contributed by atoms with Crippen LogP contribution in [0.15, 0.2) is 0 Å². The van der Waals surface area contributed by atoms with Crippen LogP contribution in [0, 0.1) is 12.3 Å². The lowest BCUT2D eigenvalue weighted by molar-refractivity contribution is -0.123. The lowest BCUT2D eigenvalue weighted by atomic mass is 9.94. The molecule has 0 saturated carbocycles. The maximum atomic E-state index is 11.9. The van der Waals surface area contributed by atoms with Crippen LogP contribution in [0.5, 0.6) is 0 Å². The molecule has 1 atom stereocenters. The first-order chi connectivity index (χ1) is 8.05. The molecule has 4 nitrogen and oxygen atoms in total. The second-order valence-corrected chi connectivity index (χ2v) is 4.77. The molecule has 1 rings (SSSR count). The maximum Gasteiger partial charge on any atom is 0.235 e. The minimum Gasteiger partial charge on any atom is -0.339 e. The summed E-state index contributed by atoms with van der Waals surface area (Å²) in [5, 5.41) is 2.96. The number of likely N-dealkylation sites (tertiary alicyclic amines) is 1. The summed E-state index contributed by atoms with van der Waals surface area (Å²) in [4.78, 5) is 14.0. The molecule has 0 aromatic carbocycles. The van der Waals surface area contributed by atoms with Crippen molar-refractivity contribution in [3.63, 3.8) is 0 Å². The maximum absolute atomic E-state index is 11.9. The fourth-order valence-corrected chi connectivity index (χ4v) is 2.18. The molecular formula is C13H23N3O. The molecule has 1 saturated heterocycles. The lowest BCUT2D eigenvalue weighted by Gasteiger charge is -2.28. The summed E-state index contributed by atoms with van der Waals surface area (Å²) in [7, 11) is 0. The Kier molecular flexibility index (Phi) is 4.98. The molecule has 1 heterocycles. The minimum absolute atomic E-state index is 0.000694. The van der Waals surface area contributed by atoms with Gasteiger partial charge in [-0.25, -0.2) is 0 Å². The number of hydrogen-bond donors (Lipinski definition) is 2. The quantitative estimate of drug-likeness (QED) is 0.677. The Morgan fingerprint density at radius 1 is 1.59 bits per heavy atom. The summed E-state index contributed by atoms with van der Waals surface area (Å²) in [6.45, 7) is 6.09. The van der Waals surface area contributed by atoms with Gasteiger partial charge in [0.1, 0.15) is 5.54 Å². The highest BCUT2D eigenvalue weighted by molar-refractivity contribution is 5.79. The molecule has 96 valence electrons. The van der Waals surface area contributed by atoms with Crippen LogP contribution in [0.2, 0.25) is 0 Å². The Hall–Kier alpha value is -1.05. The summed E-state index contributed by atoms with van der Waals surface area (Å²) in [6.07, 6.45) is 7.99. The Balaban J connectivity index is 2.46. The summed E-state index contributed by atoms with van der Waals surface area (Å²) in [5.74, 6) is 2.71. The van der Waals surface area contributed by atoms with Crippen molar-refractivity contribution in [2.75, 3.05) is 19.6 Å². The zero-order chi connectivity index (χ0) is 12.9. The molecule has 17 heavy (non-hydrogen) atoms. The molecule has 0 radical (unpaired) electrons. The second kappa shape index (κ2) is 6.04. The van der Waals surface area contributed by atoms with Crippen molar-refractivity contribution in [3.05, 3.63) is 0 Å². The van der Waals surface area contributed by atoms with Gasteiger partial charge in [0.2, 0.25) is 5.91 Å². The van der Waals surface area contributed by atoms with Gasteiger partial charge in [0.25, 0.3) is 0 Å². The predicted molar refractivity (Wildman–Crippen MR) is 69.3 cm³/mol. The van der Waals surface area contributed by atoms with Crippen LogP contribution >= 0.6 is 0 Å². The van der Waals surface area contributed by atoms with E-state index in [1.807, 2.05) is 13.8 Å². The third-order valence-corrected chi connectivity index (χ3v) is 3.54. The highest BCUT2D eigenvalue weighted by atomic mass is 16.2. The molecule has 4 heteroatoms. The summed E-state index contributed by atoms with van der Waals surface area (Å²) >= 11 is 0. The molecule has 0 aliphatic carbocycles. The topological polar surface area (TPSA) is 58.4 Å². The molecule has 1 amide bonds. The SMILES string of the molecule is C#CC(CC)(CC)NC(=O)CN1CC[C@H](N)C1. The number of nitrogens with zero attached hydrogens (tertiary/aromatic N) is 1. The van der Waals surface area contributed by atoms with Gasteiger partial charge >= 0.3 is 0 Å². The molecule has 0 unspecified atom stereocenters. The van der Waals surface area contributed by atoms with E-state index < -0.39 is 5.54 Å². The second-order valence-electron chi connectivity index (χ2n) is 4.77. The molecular weight excluding hydrogens is 214 g/mol. The normalized spacial score (nSPS) is 21.2. The van der Waals surface area contributed by atoms with Gasteiger partial charge in [-0.15, -0.1) is 6.42 Å². The molecule has 0 aromatic heterocycles. The van der Waals surface area contributed by atoms with E-state index in [1.165, 1.54) is 0 Å². The predicted octanol–water partition coefficient (Wildman–Crippen LogP) is 0.328. The van der Waals surface area contributed by atoms with E-state index in [0.29, 0.717) is 6.54 Å². The average molecular weight is 237 g/mol. The van der Waals surface area contributed by atoms with E-state index in [9.17, 15) is 4.79 Å². The smallest absolute Gasteiger partial charge is 0.235 e. The molecule has 0 spiro atoms. The van der Waals surface area contributed by atoms with E-state index in [-0.39, 0.29) is 11.9 Å². The number of carbonyl (C=O) groups excluding carboxylic acids is 1. The van der Waals surface area contributed by atoms with Crippen molar-refractivity contribution in [1.29, 1.82) is 0 Å². The van der Waals surface area contributed by atoms with Gasteiger partial charge in [-0.05, 0) is 19.3 Å². The van der Waals surface area contributed by atoms with E-state index in [4.69, 9.17) is 12.2 Å². The number of amides is 1. The first kappa shape index (κ1) is 14.0. The first-order valence-electron chi connectivity index (χ1n) is 6.32. The summed E-state index contributed by atoms with van der Waals surface area (Å²) < 4.78 is 0. The van der Waals surface area contributed by atoms with E-state index in [1.54, 1.807) is 0 Å². The first-order valence-corrected chi connectivity index (χ1v) is 6.32. The highest BCUT2D eigenvalue weighted by Gasteiger charge is 2.27. The molecule has 1 aliphatic heterocycles. The van der Waals surface area contributed by atoms with Crippen molar-refractivity contribution in [2.45, 2.75) is 44.7 Å².